The highest BCUT2D eigenvalue weighted by atomic mass is 35.5. The number of methoxy groups -OCH3 is 1. The Morgan fingerprint density at radius 3 is 2.67 bits per heavy atom. The average molecular weight is 311 g/mol. The molecule has 0 spiro atoms. The summed E-state index contributed by atoms with van der Waals surface area (Å²) in [7, 11) is 1.18. The quantitative estimate of drug-likeness (QED) is 0.378. The number of nitrogens with one attached hydrogen (secondary N) is 1. The third-order valence-corrected chi connectivity index (χ3v) is 2.46. The van der Waals surface area contributed by atoms with Gasteiger partial charge in [-0.05, 0) is 24.6 Å². The van der Waals surface area contributed by atoms with Gasteiger partial charge < -0.3 is 9.47 Å². The van der Waals surface area contributed by atoms with E-state index in [1.54, 1.807) is 31.2 Å². The molecule has 0 saturated carbocycles. The second kappa shape index (κ2) is 8.06. The normalized spacial score (nSPS) is 10.7. The van der Waals surface area contributed by atoms with Crippen molar-refractivity contribution in [3.8, 4) is 0 Å². The van der Waals surface area contributed by atoms with Crippen LogP contribution in [0.4, 0.5) is 5.69 Å². The number of hydrogen-bond donors (Lipinski definition) is 1. The summed E-state index contributed by atoms with van der Waals surface area (Å²) in [6.45, 7) is 5.52. The van der Waals surface area contributed by atoms with Crippen molar-refractivity contribution in [3.63, 3.8) is 0 Å². The first kappa shape index (κ1) is 16.7. The van der Waals surface area contributed by atoms with E-state index >= 15 is 0 Å². The van der Waals surface area contributed by atoms with Crippen LogP contribution >= 0.6 is 11.6 Å². The van der Waals surface area contributed by atoms with Gasteiger partial charge in [0.25, 0.3) is 0 Å². The number of hydrogen-bond acceptors (Lipinski definition) is 6. The molecule has 0 saturated heterocycles. The molecule has 0 amide bonds. The molecule has 0 atom stereocenters. The molecule has 1 rings (SSSR count). The van der Waals surface area contributed by atoms with E-state index in [9.17, 15) is 9.59 Å². The molecule has 1 aromatic rings. The lowest BCUT2D eigenvalue weighted by atomic mass is 10.2. The van der Waals surface area contributed by atoms with Crippen molar-refractivity contribution in [3.05, 3.63) is 42.0 Å². The smallest absolute Gasteiger partial charge is 0.370 e. The van der Waals surface area contributed by atoms with E-state index in [1.165, 1.54) is 7.11 Å². The van der Waals surface area contributed by atoms with Crippen LogP contribution in [0.2, 0.25) is 0 Å². The molecule has 0 aliphatic rings. The standard InChI is InChI=1S/C14H15ClN2O4/c1-9(2)8-21-13(18)10-6-4-5-7-11(10)16-17-12(15)14(19)20-3/h4-7,16H,1,8H2,2-3H3/b17-12+. The second-order valence-electron chi connectivity index (χ2n) is 4.08. The molecule has 0 heterocycles. The number of benzene rings is 1. The van der Waals surface area contributed by atoms with Crippen molar-refractivity contribution in [2.45, 2.75) is 6.92 Å². The Hall–Kier alpha value is -2.34. The molecule has 1 N–H and O–H groups in total. The Morgan fingerprint density at radius 1 is 1.38 bits per heavy atom. The van der Waals surface area contributed by atoms with E-state index in [4.69, 9.17) is 16.3 Å². The van der Waals surface area contributed by atoms with Gasteiger partial charge in [-0.15, -0.1) is 0 Å². The second-order valence-corrected chi connectivity index (χ2v) is 4.44. The Balaban J connectivity index is 2.87. The minimum absolute atomic E-state index is 0.124. The molecule has 1 aromatic carbocycles. The maximum atomic E-state index is 11.9. The number of esters is 2. The molecule has 6 nitrogen and oxygen atoms in total. The van der Waals surface area contributed by atoms with Crippen LogP contribution in [-0.2, 0) is 14.3 Å². The first-order valence-corrected chi connectivity index (χ1v) is 6.31. The average Bonchev–Trinajstić information content (AvgIpc) is 2.49. The maximum absolute atomic E-state index is 11.9. The van der Waals surface area contributed by atoms with Crippen LogP contribution in [0.5, 0.6) is 0 Å². The molecule has 0 fully saturated rings. The molecule has 0 aromatic heterocycles. The highest BCUT2D eigenvalue weighted by Gasteiger charge is 2.13. The van der Waals surface area contributed by atoms with Gasteiger partial charge in [0.1, 0.15) is 6.61 Å². The van der Waals surface area contributed by atoms with Crippen LogP contribution in [0.25, 0.3) is 0 Å². The van der Waals surface area contributed by atoms with Gasteiger partial charge in [0.15, 0.2) is 0 Å². The van der Waals surface area contributed by atoms with Crippen LogP contribution in [0.1, 0.15) is 17.3 Å². The summed E-state index contributed by atoms with van der Waals surface area (Å²) in [4.78, 5) is 23.0. The molecule has 112 valence electrons. The first-order valence-electron chi connectivity index (χ1n) is 5.93. The summed E-state index contributed by atoms with van der Waals surface area (Å²) in [6.07, 6.45) is 0. The molecule has 0 unspecified atom stereocenters. The van der Waals surface area contributed by atoms with Crippen LogP contribution in [0.3, 0.4) is 0 Å². The molecule has 0 bridgehead atoms. The van der Waals surface area contributed by atoms with Crippen molar-refractivity contribution < 1.29 is 19.1 Å². The lowest BCUT2D eigenvalue weighted by molar-refractivity contribution is -0.132. The highest BCUT2D eigenvalue weighted by molar-refractivity contribution is 6.82. The van der Waals surface area contributed by atoms with Crippen molar-refractivity contribution >= 4 is 34.4 Å². The fourth-order valence-electron chi connectivity index (χ4n) is 1.26. The lowest BCUT2D eigenvalue weighted by Crippen LogP contribution is -2.13. The van der Waals surface area contributed by atoms with Crippen molar-refractivity contribution in [2.75, 3.05) is 19.1 Å². The lowest BCUT2D eigenvalue weighted by Gasteiger charge is -2.09. The van der Waals surface area contributed by atoms with E-state index in [-0.39, 0.29) is 17.3 Å². The summed E-state index contributed by atoms with van der Waals surface area (Å²) < 4.78 is 9.45. The number of carbonyl (C=O) groups excluding carboxylic acids is 2. The van der Waals surface area contributed by atoms with Gasteiger partial charge in [0.05, 0.1) is 18.4 Å². The monoisotopic (exact) mass is 310 g/mol. The van der Waals surface area contributed by atoms with E-state index < -0.39 is 11.9 Å². The number of carbonyl (C=O) groups is 2. The summed E-state index contributed by atoms with van der Waals surface area (Å²) >= 11 is 5.60. The van der Waals surface area contributed by atoms with Crippen LogP contribution in [0, 0.1) is 0 Å². The summed E-state index contributed by atoms with van der Waals surface area (Å²) in [6, 6.07) is 6.53. The van der Waals surface area contributed by atoms with Crippen LogP contribution in [-0.4, -0.2) is 30.8 Å². The molecule has 0 radical (unpaired) electrons. The third kappa shape index (κ3) is 5.27. The van der Waals surface area contributed by atoms with E-state index in [0.29, 0.717) is 5.69 Å². The SMILES string of the molecule is C=C(C)COC(=O)c1ccccc1N/N=C(/Cl)C(=O)OC. The summed E-state index contributed by atoms with van der Waals surface area (Å²) in [5.41, 5.74) is 3.87. The number of nitrogens with zero attached hydrogens (tertiary/aromatic N) is 1. The van der Waals surface area contributed by atoms with Crippen molar-refractivity contribution in [2.24, 2.45) is 5.10 Å². The van der Waals surface area contributed by atoms with E-state index in [2.05, 4.69) is 21.8 Å². The molecular weight excluding hydrogens is 296 g/mol. The van der Waals surface area contributed by atoms with Gasteiger partial charge in [0.2, 0.25) is 5.17 Å². The number of anilines is 1. The van der Waals surface area contributed by atoms with Gasteiger partial charge in [-0.3, -0.25) is 5.43 Å². The topological polar surface area (TPSA) is 77.0 Å². The molecule has 7 heteroatoms. The summed E-state index contributed by atoms with van der Waals surface area (Å²) in [5, 5.41) is 3.25. The van der Waals surface area contributed by atoms with Gasteiger partial charge in [-0.2, -0.15) is 5.10 Å². The van der Waals surface area contributed by atoms with Crippen LogP contribution < -0.4 is 5.43 Å². The van der Waals surface area contributed by atoms with Gasteiger partial charge in [-0.1, -0.05) is 30.3 Å². The number of ether oxygens (including phenoxy) is 2. The van der Waals surface area contributed by atoms with Gasteiger partial charge >= 0.3 is 11.9 Å². The largest absolute Gasteiger partial charge is 0.464 e. The van der Waals surface area contributed by atoms with Gasteiger partial charge in [-0.25, -0.2) is 9.59 Å². The molecule has 0 aliphatic carbocycles. The predicted molar refractivity (Wildman–Crippen MR) is 80.5 cm³/mol. The molecular formula is C14H15ClN2O4. The van der Waals surface area contributed by atoms with Gasteiger partial charge in [0, 0.05) is 0 Å². The molecule has 21 heavy (non-hydrogen) atoms. The van der Waals surface area contributed by atoms with Crippen LogP contribution in [0.15, 0.2) is 41.5 Å². The van der Waals surface area contributed by atoms with Crippen molar-refractivity contribution in [1.82, 2.24) is 0 Å². The zero-order chi connectivity index (χ0) is 15.8. The number of halogens is 1. The fourth-order valence-corrected chi connectivity index (χ4v) is 1.38. The van der Waals surface area contributed by atoms with E-state index in [1.807, 2.05) is 0 Å². The summed E-state index contributed by atoms with van der Waals surface area (Å²) in [5.74, 6) is -1.32. The Bertz CT molecular complexity index is 584. The van der Waals surface area contributed by atoms with E-state index in [0.717, 1.165) is 5.57 Å². The zero-order valence-electron chi connectivity index (χ0n) is 11.7. The minimum atomic E-state index is -0.786. The number of para-hydroxylation sites is 1. The van der Waals surface area contributed by atoms with Crippen molar-refractivity contribution in [1.29, 1.82) is 0 Å². The third-order valence-electron chi connectivity index (χ3n) is 2.22. The first-order chi connectivity index (χ1) is 9.95. The fraction of sp³-hybridized carbons (Fsp3) is 0.214. The Labute approximate surface area is 127 Å². The zero-order valence-corrected chi connectivity index (χ0v) is 12.4. The number of rotatable bonds is 6. The Morgan fingerprint density at radius 2 is 2.05 bits per heavy atom. The Kier molecular flexibility index (Phi) is 6.42. The predicted octanol–water partition coefficient (Wildman–Crippen LogP) is 2.56. The number of hydrazone groups is 1. The maximum Gasteiger partial charge on any atom is 0.370 e. The highest BCUT2D eigenvalue weighted by Crippen LogP contribution is 2.16. The molecule has 0 aliphatic heterocycles. The minimum Gasteiger partial charge on any atom is -0.464 e.